The predicted molar refractivity (Wildman–Crippen MR) is 106 cm³/mol. The lowest BCUT2D eigenvalue weighted by Crippen LogP contribution is -2.06. The topological polar surface area (TPSA) is 230 Å². The van der Waals surface area contributed by atoms with E-state index < -0.39 is 0 Å². The molecule has 0 aliphatic rings. The fourth-order valence-corrected chi connectivity index (χ4v) is 1.92. The Hall–Kier alpha value is -4.62. The van der Waals surface area contributed by atoms with Crippen molar-refractivity contribution < 1.29 is 0 Å². The summed E-state index contributed by atoms with van der Waals surface area (Å²) in [6.07, 6.45) is 3.15. The smallest absolute Gasteiger partial charge is 0.250 e. The molecule has 2 heterocycles. The quantitative estimate of drug-likeness (QED) is 0.230. The lowest BCUT2D eigenvalue weighted by molar-refractivity contribution is 1.06. The average molecular weight is 380 g/mol. The monoisotopic (exact) mass is 380 g/mol. The highest BCUT2D eigenvalue weighted by Crippen LogP contribution is 2.05. The molecule has 14 nitrogen and oxygen atoms in total. The van der Waals surface area contributed by atoms with E-state index in [-0.39, 0.29) is 35.7 Å². The second kappa shape index (κ2) is 8.17. The zero-order valence-electron chi connectivity index (χ0n) is 14.4. The lowest BCUT2D eigenvalue weighted by atomic mass is 10.2. The van der Waals surface area contributed by atoms with Gasteiger partial charge in [-0.05, 0) is 11.1 Å². The SMILES string of the molecule is Nc1nc(N)nc(N/N=C\c2ccc(/C=N\Nc3nc(N)nc(N)n3)cc2)n1. The average Bonchev–Trinajstić information content (AvgIpc) is 2.61. The van der Waals surface area contributed by atoms with Gasteiger partial charge in [-0.2, -0.15) is 40.1 Å². The predicted octanol–water partition coefficient (Wildman–Crippen LogP) is -0.723. The normalized spacial score (nSPS) is 11.1. The molecular weight excluding hydrogens is 364 g/mol. The molecular formula is C14H16N14. The zero-order valence-corrected chi connectivity index (χ0v) is 14.4. The van der Waals surface area contributed by atoms with Crippen molar-refractivity contribution in [3.8, 4) is 0 Å². The van der Waals surface area contributed by atoms with Crippen LogP contribution in [0.15, 0.2) is 34.5 Å². The minimum atomic E-state index is 0.00462. The summed E-state index contributed by atoms with van der Waals surface area (Å²) < 4.78 is 0. The molecule has 0 atom stereocenters. The van der Waals surface area contributed by atoms with Crippen LogP contribution in [-0.2, 0) is 0 Å². The Balaban J connectivity index is 1.56. The molecule has 0 amide bonds. The van der Waals surface area contributed by atoms with Gasteiger partial charge in [-0.25, -0.2) is 10.9 Å². The number of benzene rings is 1. The van der Waals surface area contributed by atoms with E-state index in [1.807, 2.05) is 24.3 Å². The molecule has 10 N–H and O–H groups in total. The van der Waals surface area contributed by atoms with Crippen LogP contribution in [0.2, 0.25) is 0 Å². The highest BCUT2D eigenvalue weighted by molar-refractivity contribution is 5.84. The molecule has 0 fully saturated rings. The van der Waals surface area contributed by atoms with E-state index in [1.165, 1.54) is 0 Å². The highest BCUT2D eigenvalue weighted by atomic mass is 15.4. The molecule has 0 spiro atoms. The van der Waals surface area contributed by atoms with Crippen LogP contribution in [-0.4, -0.2) is 42.3 Å². The van der Waals surface area contributed by atoms with Crippen LogP contribution in [0.1, 0.15) is 11.1 Å². The molecule has 2 aromatic heterocycles. The second-order valence-corrected chi connectivity index (χ2v) is 5.16. The summed E-state index contributed by atoms with van der Waals surface area (Å²) in [5, 5.41) is 8.02. The minimum Gasteiger partial charge on any atom is -0.368 e. The largest absolute Gasteiger partial charge is 0.368 e. The van der Waals surface area contributed by atoms with Crippen molar-refractivity contribution in [2.24, 2.45) is 10.2 Å². The summed E-state index contributed by atoms with van der Waals surface area (Å²) in [4.78, 5) is 22.7. The highest BCUT2D eigenvalue weighted by Gasteiger charge is 2.00. The fourth-order valence-electron chi connectivity index (χ4n) is 1.92. The number of anilines is 6. The van der Waals surface area contributed by atoms with Crippen molar-refractivity contribution in [1.82, 2.24) is 29.9 Å². The van der Waals surface area contributed by atoms with Gasteiger partial charge < -0.3 is 22.9 Å². The second-order valence-electron chi connectivity index (χ2n) is 5.16. The zero-order chi connectivity index (χ0) is 19.9. The van der Waals surface area contributed by atoms with E-state index in [9.17, 15) is 0 Å². The number of rotatable bonds is 6. The summed E-state index contributed by atoms with van der Waals surface area (Å²) in [6, 6.07) is 7.34. The number of nitrogen functional groups attached to an aromatic ring is 4. The van der Waals surface area contributed by atoms with Crippen molar-refractivity contribution in [2.75, 3.05) is 33.8 Å². The summed E-state index contributed by atoms with van der Waals surface area (Å²) in [5.41, 5.74) is 28.8. The van der Waals surface area contributed by atoms with Gasteiger partial charge in [0, 0.05) is 0 Å². The Morgan fingerprint density at radius 1 is 0.571 bits per heavy atom. The van der Waals surface area contributed by atoms with Gasteiger partial charge >= 0.3 is 0 Å². The number of hydrogen-bond acceptors (Lipinski definition) is 14. The summed E-state index contributed by atoms with van der Waals surface area (Å²) >= 11 is 0. The van der Waals surface area contributed by atoms with Gasteiger partial charge in [0.2, 0.25) is 35.7 Å². The molecule has 0 aliphatic carbocycles. The van der Waals surface area contributed by atoms with Crippen molar-refractivity contribution in [3.05, 3.63) is 35.4 Å². The first-order valence-electron chi connectivity index (χ1n) is 7.70. The third-order valence-electron chi connectivity index (χ3n) is 3.03. The molecule has 28 heavy (non-hydrogen) atoms. The third kappa shape index (κ3) is 5.19. The van der Waals surface area contributed by atoms with Crippen LogP contribution in [0.4, 0.5) is 35.7 Å². The summed E-state index contributed by atoms with van der Waals surface area (Å²) in [6.45, 7) is 0. The first kappa shape index (κ1) is 18.2. The molecule has 14 heteroatoms. The molecule has 0 radical (unpaired) electrons. The molecule has 142 valence electrons. The van der Waals surface area contributed by atoms with Crippen molar-refractivity contribution in [1.29, 1.82) is 0 Å². The Kier molecular flexibility index (Phi) is 5.31. The fraction of sp³-hybridized carbons (Fsp3) is 0. The Labute approximate surface area is 158 Å². The van der Waals surface area contributed by atoms with E-state index in [2.05, 4.69) is 51.0 Å². The first-order valence-corrected chi connectivity index (χ1v) is 7.70. The van der Waals surface area contributed by atoms with Gasteiger partial charge in [-0.15, -0.1) is 0 Å². The molecule has 1 aromatic carbocycles. The molecule has 0 saturated heterocycles. The van der Waals surface area contributed by atoms with Crippen LogP contribution in [0.25, 0.3) is 0 Å². The maximum Gasteiger partial charge on any atom is 0.250 e. The molecule has 0 saturated carbocycles. The van der Waals surface area contributed by atoms with E-state index in [0.29, 0.717) is 0 Å². The number of hydrogen-bond donors (Lipinski definition) is 6. The Bertz CT molecular complexity index is 890. The van der Waals surface area contributed by atoms with Gasteiger partial charge in [0.25, 0.3) is 0 Å². The maximum atomic E-state index is 5.48. The van der Waals surface area contributed by atoms with Crippen LogP contribution < -0.4 is 33.8 Å². The van der Waals surface area contributed by atoms with Crippen LogP contribution in [0.3, 0.4) is 0 Å². The maximum absolute atomic E-state index is 5.48. The first-order chi connectivity index (χ1) is 13.5. The molecule has 3 aromatic rings. The van der Waals surface area contributed by atoms with Crippen LogP contribution >= 0.6 is 0 Å². The lowest BCUT2D eigenvalue weighted by Gasteiger charge is -2.01. The van der Waals surface area contributed by atoms with E-state index in [0.717, 1.165) is 11.1 Å². The van der Waals surface area contributed by atoms with Crippen LogP contribution in [0.5, 0.6) is 0 Å². The number of nitrogens with two attached hydrogens (primary N) is 4. The van der Waals surface area contributed by atoms with Crippen molar-refractivity contribution in [2.45, 2.75) is 0 Å². The number of hydrazone groups is 2. The standard InChI is InChI=1S/C14H16N14/c15-9-21-10(16)24-13(23-9)27-19-5-7-1-2-8(4-3-7)6-20-28-14-25-11(17)22-12(18)26-14/h1-6H,(H5,15,16,21,23,24,27)(H5,17,18,22,25,26,28)/b19-5-,20-6-. The third-order valence-corrected chi connectivity index (χ3v) is 3.03. The van der Waals surface area contributed by atoms with E-state index in [4.69, 9.17) is 22.9 Å². The van der Waals surface area contributed by atoms with Gasteiger partial charge in [0.05, 0.1) is 12.4 Å². The number of nitrogens with zero attached hydrogens (tertiary/aromatic N) is 8. The van der Waals surface area contributed by atoms with Crippen LogP contribution in [0, 0.1) is 0 Å². The molecule has 0 bridgehead atoms. The van der Waals surface area contributed by atoms with Gasteiger partial charge in [-0.1, -0.05) is 24.3 Å². The number of nitrogens with one attached hydrogen (secondary N) is 2. The van der Waals surface area contributed by atoms with Crippen molar-refractivity contribution in [3.63, 3.8) is 0 Å². The Morgan fingerprint density at radius 3 is 1.21 bits per heavy atom. The minimum absolute atomic E-state index is 0.00462. The molecule has 3 rings (SSSR count). The van der Waals surface area contributed by atoms with E-state index in [1.54, 1.807) is 12.4 Å². The van der Waals surface area contributed by atoms with Gasteiger partial charge in [-0.3, -0.25) is 0 Å². The van der Waals surface area contributed by atoms with Gasteiger partial charge in [0.1, 0.15) is 0 Å². The van der Waals surface area contributed by atoms with Gasteiger partial charge in [0.15, 0.2) is 0 Å². The molecule has 0 aliphatic heterocycles. The molecule has 0 unspecified atom stereocenters. The summed E-state index contributed by atoms with van der Waals surface area (Å²) in [5.74, 6) is 0.316. The van der Waals surface area contributed by atoms with E-state index >= 15 is 0 Å². The van der Waals surface area contributed by atoms with Crippen molar-refractivity contribution >= 4 is 48.1 Å². The Morgan fingerprint density at radius 2 is 0.893 bits per heavy atom. The number of aromatic nitrogens is 6. The summed E-state index contributed by atoms with van der Waals surface area (Å²) in [7, 11) is 0.